The van der Waals surface area contributed by atoms with Crippen LogP contribution in [0.25, 0.3) is 15.8 Å². The largest absolute Gasteiger partial charge is 0.489 e. The molecule has 0 unspecified atom stereocenters. The van der Waals surface area contributed by atoms with E-state index in [1.54, 1.807) is 25.6 Å². The van der Waals surface area contributed by atoms with Gasteiger partial charge in [-0.15, -0.1) is 11.3 Å². The highest BCUT2D eigenvalue weighted by atomic mass is 32.1. The molecule has 0 aliphatic heterocycles. The minimum absolute atomic E-state index is 0.139. The molecule has 172 valence electrons. The predicted octanol–water partition coefficient (Wildman–Crippen LogP) is 5.54. The van der Waals surface area contributed by atoms with Crippen LogP contribution in [0.2, 0.25) is 0 Å². The molecule has 8 heteroatoms. The van der Waals surface area contributed by atoms with Crippen LogP contribution in [0.3, 0.4) is 0 Å². The molecule has 0 saturated heterocycles. The highest BCUT2D eigenvalue weighted by Crippen LogP contribution is 2.42. The van der Waals surface area contributed by atoms with Crippen molar-refractivity contribution in [3.05, 3.63) is 82.4 Å². The van der Waals surface area contributed by atoms with Crippen molar-refractivity contribution in [3.8, 4) is 5.75 Å². The van der Waals surface area contributed by atoms with Crippen LogP contribution in [0.5, 0.6) is 5.75 Å². The Bertz CT molecular complexity index is 1430. The predicted molar refractivity (Wildman–Crippen MR) is 133 cm³/mol. The van der Waals surface area contributed by atoms with E-state index in [0.717, 1.165) is 43.2 Å². The summed E-state index contributed by atoms with van der Waals surface area (Å²) in [6.07, 6.45) is 4.45. The van der Waals surface area contributed by atoms with Gasteiger partial charge in [-0.25, -0.2) is 14.4 Å². The molecule has 0 bridgehead atoms. The fraction of sp³-hybridized carbons (Fsp3) is 0.192. The molecule has 2 N–H and O–H groups in total. The summed E-state index contributed by atoms with van der Waals surface area (Å²) in [6, 6.07) is 12.2. The van der Waals surface area contributed by atoms with Gasteiger partial charge in [0.2, 0.25) is 0 Å². The van der Waals surface area contributed by atoms with Gasteiger partial charge in [-0.05, 0) is 60.4 Å². The molecular weight excluding hydrogens is 451 g/mol. The molecular formula is C26H23FN4O2S. The molecule has 5 rings (SSSR count). The van der Waals surface area contributed by atoms with E-state index in [1.165, 1.54) is 23.5 Å². The number of anilines is 2. The summed E-state index contributed by atoms with van der Waals surface area (Å²) in [5.41, 5.74) is 4.40. The number of thiophene rings is 1. The number of allylic oxidation sites excluding steroid dienone is 1. The number of ketones is 1. The number of ether oxygens (including phenoxy) is 1. The maximum Gasteiger partial charge on any atom is 0.166 e. The van der Waals surface area contributed by atoms with Crippen LogP contribution in [0.1, 0.15) is 28.0 Å². The van der Waals surface area contributed by atoms with E-state index >= 15 is 0 Å². The number of aromatic nitrogens is 2. The Morgan fingerprint density at radius 3 is 2.85 bits per heavy atom. The molecule has 1 aliphatic carbocycles. The Kier molecular flexibility index (Phi) is 5.98. The van der Waals surface area contributed by atoms with Gasteiger partial charge in [0.15, 0.2) is 5.78 Å². The molecule has 0 spiro atoms. The molecule has 6 nitrogen and oxygen atoms in total. The first kappa shape index (κ1) is 22.0. The smallest absolute Gasteiger partial charge is 0.166 e. The number of carbonyl (C=O) groups is 1. The molecule has 0 radical (unpaired) electrons. The molecule has 1 aliphatic rings. The minimum atomic E-state index is -0.276. The lowest BCUT2D eigenvalue weighted by atomic mass is 9.92. The Balaban J connectivity index is 1.41. The van der Waals surface area contributed by atoms with Crippen LogP contribution in [0.4, 0.5) is 15.9 Å². The van der Waals surface area contributed by atoms with Gasteiger partial charge in [-0.2, -0.15) is 0 Å². The van der Waals surface area contributed by atoms with E-state index < -0.39 is 0 Å². The van der Waals surface area contributed by atoms with Gasteiger partial charge in [-0.3, -0.25) is 4.79 Å². The van der Waals surface area contributed by atoms with Gasteiger partial charge in [0.05, 0.1) is 11.0 Å². The molecule has 2 aromatic heterocycles. The summed E-state index contributed by atoms with van der Waals surface area (Å²) in [7, 11) is 1.79. The van der Waals surface area contributed by atoms with Gasteiger partial charge in [-0.1, -0.05) is 12.1 Å². The minimum Gasteiger partial charge on any atom is -0.489 e. The van der Waals surface area contributed by atoms with Crippen molar-refractivity contribution >= 4 is 44.4 Å². The molecule has 34 heavy (non-hydrogen) atoms. The summed E-state index contributed by atoms with van der Waals surface area (Å²) < 4.78 is 19.3. The summed E-state index contributed by atoms with van der Waals surface area (Å²) in [5.74, 6) is 1.31. The van der Waals surface area contributed by atoms with Crippen molar-refractivity contribution < 1.29 is 13.9 Å². The number of aryl methyl sites for hydroxylation is 2. The number of fused-ring (bicyclic) bond motifs is 3. The van der Waals surface area contributed by atoms with Gasteiger partial charge < -0.3 is 15.4 Å². The summed E-state index contributed by atoms with van der Waals surface area (Å²) in [6.45, 7) is 2.26. The lowest BCUT2D eigenvalue weighted by Crippen LogP contribution is -2.13. The normalized spacial score (nSPS) is 14.3. The number of benzene rings is 2. The van der Waals surface area contributed by atoms with Gasteiger partial charge in [0.25, 0.3) is 0 Å². The number of rotatable bonds is 6. The van der Waals surface area contributed by atoms with Crippen molar-refractivity contribution in [1.29, 1.82) is 0 Å². The number of nitrogens with zero attached hydrogens (tertiary/aromatic N) is 2. The van der Waals surface area contributed by atoms with Crippen LogP contribution >= 0.6 is 11.3 Å². The fourth-order valence-corrected chi connectivity index (χ4v) is 5.37. The van der Waals surface area contributed by atoms with Crippen molar-refractivity contribution in [3.63, 3.8) is 0 Å². The number of halogens is 1. The van der Waals surface area contributed by atoms with Crippen LogP contribution < -0.4 is 15.4 Å². The molecule has 0 fully saturated rings. The summed E-state index contributed by atoms with van der Waals surface area (Å²) in [4.78, 5) is 23.2. The van der Waals surface area contributed by atoms with E-state index in [2.05, 4.69) is 20.6 Å². The van der Waals surface area contributed by atoms with E-state index in [9.17, 15) is 9.18 Å². The molecule has 4 aromatic rings. The second kappa shape index (κ2) is 9.23. The summed E-state index contributed by atoms with van der Waals surface area (Å²) in [5, 5.41) is 7.36. The molecule has 2 aromatic carbocycles. The fourth-order valence-electron chi connectivity index (χ4n) is 4.15. The average Bonchev–Trinajstić information content (AvgIpc) is 3.20. The van der Waals surface area contributed by atoms with Crippen LogP contribution in [0.15, 0.2) is 55.0 Å². The maximum atomic E-state index is 13.4. The highest BCUT2D eigenvalue weighted by molar-refractivity contribution is 7.20. The Morgan fingerprint density at radius 1 is 1.18 bits per heavy atom. The van der Waals surface area contributed by atoms with Crippen molar-refractivity contribution in [1.82, 2.24) is 15.3 Å². The Morgan fingerprint density at radius 2 is 2.06 bits per heavy atom. The van der Waals surface area contributed by atoms with Crippen LogP contribution in [0, 0.1) is 12.7 Å². The number of hydrogen-bond acceptors (Lipinski definition) is 7. The Labute approximate surface area is 200 Å². The first-order valence-corrected chi connectivity index (χ1v) is 11.8. The molecule has 0 amide bonds. The summed E-state index contributed by atoms with van der Waals surface area (Å²) >= 11 is 1.52. The molecule has 2 heterocycles. The topological polar surface area (TPSA) is 76.1 Å². The second-order valence-corrected chi connectivity index (χ2v) is 9.10. The van der Waals surface area contributed by atoms with Crippen molar-refractivity contribution in [2.75, 3.05) is 12.4 Å². The monoisotopic (exact) mass is 474 g/mol. The van der Waals surface area contributed by atoms with E-state index in [0.29, 0.717) is 30.8 Å². The van der Waals surface area contributed by atoms with E-state index in [4.69, 9.17) is 4.74 Å². The number of hydrogen-bond donors (Lipinski definition) is 2. The lowest BCUT2D eigenvalue weighted by Gasteiger charge is -2.15. The van der Waals surface area contributed by atoms with Gasteiger partial charge in [0.1, 0.15) is 35.1 Å². The standard InChI is InChI=1S/C26H23FN4O2S/c1-15-10-18(6-9-22(15)33-13-16-4-3-5-17(27)11-16)31-25-23-19-7-8-21(32)20(12-28-2)24(19)34-26(23)30-14-29-25/h3-6,9-12,14,28H,7-8,13H2,1-2H3,(H,29,30,31)/b20-12-. The zero-order chi connectivity index (χ0) is 23.7. The Hall–Kier alpha value is -3.78. The van der Waals surface area contributed by atoms with Crippen LogP contribution in [-0.4, -0.2) is 22.8 Å². The van der Waals surface area contributed by atoms with Crippen molar-refractivity contribution in [2.45, 2.75) is 26.4 Å². The maximum absolute atomic E-state index is 13.4. The first-order valence-electron chi connectivity index (χ1n) is 11.0. The number of nitrogens with one attached hydrogen (secondary N) is 2. The average molecular weight is 475 g/mol. The molecule has 0 saturated carbocycles. The first-order chi connectivity index (χ1) is 16.5. The van der Waals surface area contributed by atoms with Gasteiger partial charge >= 0.3 is 0 Å². The quantitative estimate of drug-likeness (QED) is 0.358. The van der Waals surface area contributed by atoms with E-state index in [1.807, 2.05) is 31.2 Å². The second-order valence-electron chi connectivity index (χ2n) is 8.11. The third-order valence-electron chi connectivity index (χ3n) is 5.74. The number of carbonyl (C=O) groups excluding carboxylic acids is 1. The lowest BCUT2D eigenvalue weighted by molar-refractivity contribution is -0.113. The van der Waals surface area contributed by atoms with Crippen molar-refractivity contribution in [2.24, 2.45) is 0 Å². The SMILES string of the molecule is CN/C=C1/C(=O)CCc2c1sc1ncnc(Nc3ccc(OCc4cccc(F)c4)c(C)c3)c21. The zero-order valence-corrected chi connectivity index (χ0v) is 19.6. The zero-order valence-electron chi connectivity index (χ0n) is 18.8. The van der Waals surface area contributed by atoms with Gasteiger partial charge in [0, 0.05) is 30.2 Å². The number of Topliss-reactive ketones (excluding diaryl/α,β-unsaturated/α-hetero) is 1. The molecule has 0 atom stereocenters. The third kappa shape index (κ3) is 4.24. The third-order valence-corrected chi connectivity index (χ3v) is 6.92. The van der Waals surface area contributed by atoms with E-state index in [-0.39, 0.29) is 11.6 Å². The van der Waals surface area contributed by atoms with Crippen LogP contribution in [-0.2, 0) is 17.8 Å². The highest BCUT2D eigenvalue weighted by Gasteiger charge is 2.27.